The van der Waals surface area contributed by atoms with E-state index in [9.17, 15) is 4.79 Å². The Bertz CT molecular complexity index is 527. The number of methoxy groups -OCH3 is 1. The van der Waals surface area contributed by atoms with Gasteiger partial charge in [-0.05, 0) is 18.2 Å². The molecule has 1 saturated heterocycles. The van der Waals surface area contributed by atoms with Crippen LogP contribution < -0.4 is 9.47 Å². The molecule has 0 aromatic heterocycles. The lowest BCUT2D eigenvalue weighted by molar-refractivity contribution is -0.126. The van der Waals surface area contributed by atoms with E-state index in [4.69, 9.17) is 18.9 Å². The number of carbonyl (C=O) groups excluding carboxylic acids is 1. The maximum atomic E-state index is 12.3. The minimum Gasteiger partial charge on any atom is -0.497 e. The number of rotatable bonds is 3. The topological polar surface area (TPSA) is 54.0 Å². The first kappa shape index (κ1) is 14.7. The van der Waals surface area contributed by atoms with Crippen molar-refractivity contribution in [3.8, 4) is 11.5 Å². The van der Waals surface area contributed by atoms with Crippen molar-refractivity contribution in [2.75, 3.05) is 26.9 Å². The smallest absolute Gasteiger partial charge is 0.183 e. The van der Waals surface area contributed by atoms with E-state index < -0.39 is 0 Å². The standard InChI is InChI=1S/C15H18O5S/c1-9(15-18-5-6-19-15)14-11(16)8-20-12-4-3-10(17-2)7-13(12)21-14/h3-4,7,9,14-15H,5-6,8H2,1-2H3. The van der Waals surface area contributed by atoms with Crippen molar-refractivity contribution >= 4 is 17.5 Å². The molecule has 3 rings (SSSR count). The van der Waals surface area contributed by atoms with Gasteiger partial charge in [0.1, 0.15) is 18.1 Å². The van der Waals surface area contributed by atoms with Crippen LogP contribution in [0.2, 0.25) is 0 Å². The van der Waals surface area contributed by atoms with Crippen molar-refractivity contribution < 1.29 is 23.7 Å². The van der Waals surface area contributed by atoms with Gasteiger partial charge >= 0.3 is 0 Å². The normalized spacial score (nSPS) is 24.1. The van der Waals surface area contributed by atoms with E-state index in [-0.39, 0.29) is 29.8 Å². The van der Waals surface area contributed by atoms with Gasteiger partial charge in [-0.15, -0.1) is 11.8 Å². The second-order valence-corrected chi connectivity index (χ2v) is 6.26. The molecule has 2 heterocycles. The Kier molecular flexibility index (Phi) is 4.37. The molecule has 0 amide bonds. The molecule has 0 bridgehead atoms. The van der Waals surface area contributed by atoms with E-state index >= 15 is 0 Å². The van der Waals surface area contributed by atoms with Gasteiger partial charge in [0.25, 0.3) is 0 Å². The largest absolute Gasteiger partial charge is 0.497 e. The summed E-state index contributed by atoms with van der Waals surface area (Å²) in [5.74, 6) is 1.49. The Labute approximate surface area is 127 Å². The quantitative estimate of drug-likeness (QED) is 0.852. The molecule has 1 aromatic rings. The van der Waals surface area contributed by atoms with Crippen molar-refractivity contribution in [2.45, 2.75) is 23.4 Å². The molecule has 0 radical (unpaired) electrons. The third kappa shape index (κ3) is 3.02. The molecule has 1 aromatic carbocycles. The maximum Gasteiger partial charge on any atom is 0.183 e. The molecule has 21 heavy (non-hydrogen) atoms. The van der Waals surface area contributed by atoms with Gasteiger partial charge in [-0.1, -0.05) is 6.92 Å². The highest BCUT2D eigenvalue weighted by atomic mass is 32.2. The van der Waals surface area contributed by atoms with Crippen LogP contribution in [0.3, 0.4) is 0 Å². The Morgan fingerprint density at radius 3 is 2.81 bits per heavy atom. The molecule has 0 aliphatic carbocycles. The summed E-state index contributed by atoms with van der Waals surface area (Å²) in [5, 5.41) is -0.249. The first-order valence-corrected chi connectivity index (χ1v) is 7.80. The SMILES string of the molecule is COc1ccc2c(c1)SC(C(C)C1OCCO1)C(=O)CO2. The van der Waals surface area contributed by atoms with E-state index in [1.165, 1.54) is 11.8 Å². The lowest BCUT2D eigenvalue weighted by Gasteiger charge is -2.24. The highest BCUT2D eigenvalue weighted by molar-refractivity contribution is 8.00. The molecule has 1 fully saturated rings. The Morgan fingerprint density at radius 1 is 1.33 bits per heavy atom. The molecule has 2 aliphatic heterocycles. The van der Waals surface area contributed by atoms with Crippen molar-refractivity contribution in [1.29, 1.82) is 0 Å². The molecule has 6 heteroatoms. The summed E-state index contributed by atoms with van der Waals surface area (Å²) in [6, 6.07) is 5.57. The predicted molar refractivity (Wildman–Crippen MR) is 78.0 cm³/mol. The number of fused-ring (bicyclic) bond motifs is 1. The number of carbonyl (C=O) groups is 1. The van der Waals surface area contributed by atoms with E-state index in [1.807, 2.05) is 25.1 Å². The van der Waals surface area contributed by atoms with Crippen molar-refractivity contribution in [3.63, 3.8) is 0 Å². The molecule has 0 N–H and O–H groups in total. The third-order valence-electron chi connectivity index (χ3n) is 3.65. The van der Waals surface area contributed by atoms with Crippen molar-refractivity contribution in [3.05, 3.63) is 18.2 Å². The minimum absolute atomic E-state index is 0.0363. The third-order valence-corrected chi connectivity index (χ3v) is 5.17. The Balaban J connectivity index is 1.84. The van der Waals surface area contributed by atoms with Crippen LogP contribution in [0.1, 0.15) is 6.92 Å². The van der Waals surface area contributed by atoms with Gasteiger partial charge in [-0.3, -0.25) is 4.79 Å². The monoisotopic (exact) mass is 310 g/mol. The summed E-state index contributed by atoms with van der Waals surface area (Å²) in [6.45, 7) is 3.23. The second kappa shape index (κ2) is 6.25. The van der Waals surface area contributed by atoms with Gasteiger partial charge < -0.3 is 18.9 Å². The van der Waals surface area contributed by atoms with Gasteiger partial charge in [-0.25, -0.2) is 0 Å². The Morgan fingerprint density at radius 2 is 2.10 bits per heavy atom. The van der Waals surface area contributed by atoms with Crippen LogP contribution in [0.15, 0.2) is 23.1 Å². The maximum absolute atomic E-state index is 12.3. The van der Waals surface area contributed by atoms with Crippen LogP contribution >= 0.6 is 11.8 Å². The molecule has 0 saturated carbocycles. The second-order valence-electron chi connectivity index (χ2n) is 5.08. The first-order valence-electron chi connectivity index (χ1n) is 6.92. The summed E-state index contributed by atoms with van der Waals surface area (Å²) >= 11 is 1.50. The fourth-order valence-electron chi connectivity index (χ4n) is 2.48. The van der Waals surface area contributed by atoms with Gasteiger partial charge in [0.05, 0.1) is 30.5 Å². The van der Waals surface area contributed by atoms with Gasteiger partial charge in [-0.2, -0.15) is 0 Å². The van der Waals surface area contributed by atoms with Crippen LogP contribution in [-0.4, -0.2) is 44.3 Å². The highest BCUT2D eigenvalue weighted by Crippen LogP contribution is 2.41. The summed E-state index contributed by atoms with van der Waals surface area (Å²) in [5.41, 5.74) is 0. The van der Waals surface area contributed by atoms with E-state index in [1.54, 1.807) is 7.11 Å². The lowest BCUT2D eigenvalue weighted by atomic mass is 10.0. The minimum atomic E-state index is -0.321. The van der Waals surface area contributed by atoms with Crippen LogP contribution in [0.5, 0.6) is 11.5 Å². The molecule has 5 nitrogen and oxygen atoms in total. The highest BCUT2D eigenvalue weighted by Gasteiger charge is 2.37. The number of hydrogen-bond acceptors (Lipinski definition) is 6. The number of ketones is 1. The number of thioether (sulfide) groups is 1. The summed E-state index contributed by atoms with van der Waals surface area (Å²) < 4.78 is 21.9. The van der Waals surface area contributed by atoms with Crippen LogP contribution in [-0.2, 0) is 14.3 Å². The number of Topliss-reactive ketones (excluding diaryl/α,β-unsaturated/α-hetero) is 1. The molecule has 0 spiro atoms. The van der Waals surface area contributed by atoms with Crippen LogP contribution in [0.4, 0.5) is 0 Å². The van der Waals surface area contributed by atoms with Crippen LogP contribution in [0, 0.1) is 5.92 Å². The molecular formula is C15H18O5S. The fourth-order valence-corrected chi connectivity index (χ4v) is 3.73. The van der Waals surface area contributed by atoms with E-state index in [0.29, 0.717) is 13.2 Å². The molecular weight excluding hydrogens is 292 g/mol. The van der Waals surface area contributed by atoms with Gasteiger partial charge in [0.2, 0.25) is 0 Å². The average molecular weight is 310 g/mol. The molecule has 114 valence electrons. The van der Waals surface area contributed by atoms with Crippen molar-refractivity contribution in [2.24, 2.45) is 5.92 Å². The molecule has 2 unspecified atom stereocenters. The summed E-state index contributed by atoms with van der Waals surface area (Å²) in [6.07, 6.45) is -0.321. The zero-order valence-corrected chi connectivity index (χ0v) is 12.9. The van der Waals surface area contributed by atoms with Crippen molar-refractivity contribution in [1.82, 2.24) is 0 Å². The summed E-state index contributed by atoms with van der Waals surface area (Å²) in [7, 11) is 1.62. The zero-order valence-electron chi connectivity index (χ0n) is 12.0. The molecule has 2 aliphatic rings. The molecule has 2 atom stereocenters. The number of ether oxygens (including phenoxy) is 4. The van der Waals surface area contributed by atoms with E-state index in [2.05, 4.69) is 0 Å². The van der Waals surface area contributed by atoms with E-state index in [0.717, 1.165) is 16.4 Å². The fraction of sp³-hybridized carbons (Fsp3) is 0.533. The number of benzene rings is 1. The average Bonchev–Trinajstić information content (AvgIpc) is 2.99. The van der Waals surface area contributed by atoms with Crippen LogP contribution in [0.25, 0.3) is 0 Å². The van der Waals surface area contributed by atoms with Gasteiger partial charge in [0, 0.05) is 5.92 Å². The first-order chi connectivity index (χ1) is 10.2. The Hall–Kier alpha value is -1.24. The zero-order chi connectivity index (χ0) is 14.8. The summed E-state index contributed by atoms with van der Waals surface area (Å²) in [4.78, 5) is 13.3. The predicted octanol–water partition coefficient (Wildman–Crippen LogP) is 2.13. The number of hydrogen-bond donors (Lipinski definition) is 0. The lowest BCUT2D eigenvalue weighted by Crippen LogP contribution is -2.35. The van der Waals surface area contributed by atoms with Gasteiger partial charge in [0.15, 0.2) is 12.1 Å².